The van der Waals surface area contributed by atoms with Crippen LogP contribution in [0.25, 0.3) is 0 Å². The molecule has 0 radical (unpaired) electrons. The lowest BCUT2D eigenvalue weighted by Crippen LogP contribution is -2.61. The van der Waals surface area contributed by atoms with Crippen molar-refractivity contribution in [2.24, 2.45) is 5.92 Å². The molecule has 5 heteroatoms. The van der Waals surface area contributed by atoms with Crippen LogP contribution in [0.2, 0.25) is 0 Å². The van der Waals surface area contributed by atoms with E-state index in [9.17, 15) is 9.59 Å². The summed E-state index contributed by atoms with van der Waals surface area (Å²) in [5.74, 6) is 0.668. The number of imide groups is 1. The van der Waals surface area contributed by atoms with Gasteiger partial charge in [0.2, 0.25) is 11.8 Å². The van der Waals surface area contributed by atoms with Gasteiger partial charge >= 0.3 is 0 Å². The first-order valence-corrected chi connectivity index (χ1v) is 6.89. The zero-order valence-electron chi connectivity index (χ0n) is 10.6. The molecule has 3 heterocycles. The lowest BCUT2D eigenvalue weighted by molar-refractivity contribution is -0.145. The summed E-state index contributed by atoms with van der Waals surface area (Å²) in [6, 6.07) is 0.136. The molecule has 3 aliphatic heterocycles. The molecule has 2 amide bonds. The molecule has 0 aromatic carbocycles. The zero-order chi connectivity index (χ0) is 12.5. The largest absolute Gasteiger partial charge is 0.381 e. The number of likely N-dealkylation sites (tertiary alicyclic amines) is 2. The molecular formula is C13H20N2O3. The minimum Gasteiger partial charge on any atom is -0.381 e. The molecule has 100 valence electrons. The lowest BCUT2D eigenvalue weighted by atomic mass is 9.98. The molecule has 3 rings (SSSR count). The fourth-order valence-electron chi connectivity index (χ4n) is 3.17. The van der Waals surface area contributed by atoms with E-state index in [0.29, 0.717) is 18.8 Å². The van der Waals surface area contributed by atoms with Gasteiger partial charge in [-0.2, -0.15) is 0 Å². The third kappa shape index (κ3) is 2.29. The van der Waals surface area contributed by atoms with Crippen molar-refractivity contribution in [2.45, 2.75) is 31.7 Å². The molecule has 0 aromatic heterocycles. The summed E-state index contributed by atoms with van der Waals surface area (Å²) in [5.41, 5.74) is 0. The highest BCUT2D eigenvalue weighted by molar-refractivity contribution is 6.02. The van der Waals surface area contributed by atoms with Crippen molar-refractivity contribution in [1.29, 1.82) is 0 Å². The summed E-state index contributed by atoms with van der Waals surface area (Å²) in [6.45, 7) is 4.52. The number of carbonyl (C=O) groups is 2. The van der Waals surface area contributed by atoms with E-state index in [2.05, 4.69) is 4.90 Å². The Morgan fingerprint density at radius 1 is 1.17 bits per heavy atom. The molecule has 0 aliphatic carbocycles. The summed E-state index contributed by atoms with van der Waals surface area (Å²) in [7, 11) is 0. The summed E-state index contributed by atoms with van der Waals surface area (Å²) in [6.07, 6.45) is 3.21. The first kappa shape index (κ1) is 12.1. The second kappa shape index (κ2) is 4.97. The Morgan fingerprint density at radius 2 is 1.89 bits per heavy atom. The molecule has 3 fully saturated rings. The van der Waals surface area contributed by atoms with Crippen LogP contribution in [-0.4, -0.2) is 60.5 Å². The first-order chi connectivity index (χ1) is 8.74. The van der Waals surface area contributed by atoms with E-state index >= 15 is 0 Å². The van der Waals surface area contributed by atoms with E-state index in [1.54, 1.807) is 0 Å². The topological polar surface area (TPSA) is 49.9 Å². The summed E-state index contributed by atoms with van der Waals surface area (Å²) >= 11 is 0. The maximum atomic E-state index is 11.6. The van der Waals surface area contributed by atoms with Gasteiger partial charge in [-0.15, -0.1) is 0 Å². The monoisotopic (exact) mass is 252 g/mol. The van der Waals surface area contributed by atoms with Gasteiger partial charge < -0.3 is 4.74 Å². The maximum absolute atomic E-state index is 11.6. The predicted octanol–water partition coefficient (Wildman–Crippen LogP) is 0.246. The van der Waals surface area contributed by atoms with Crippen molar-refractivity contribution < 1.29 is 14.3 Å². The van der Waals surface area contributed by atoms with Crippen molar-refractivity contribution in [2.75, 3.05) is 32.8 Å². The molecule has 0 saturated carbocycles. The van der Waals surface area contributed by atoms with Crippen molar-refractivity contribution in [1.82, 2.24) is 9.80 Å². The Labute approximate surface area is 107 Å². The molecule has 3 aliphatic rings. The fourth-order valence-corrected chi connectivity index (χ4v) is 3.17. The number of amides is 2. The summed E-state index contributed by atoms with van der Waals surface area (Å²) < 4.78 is 5.47. The third-order valence-corrected chi connectivity index (χ3v) is 4.16. The van der Waals surface area contributed by atoms with E-state index in [0.717, 1.165) is 39.3 Å². The molecule has 0 spiro atoms. The number of ether oxygens (including phenoxy) is 1. The van der Waals surface area contributed by atoms with Crippen LogP contribution in [0.3, 0.4) is 0 Å². The molecule has 0 aromatic rings. The smallest absolute Gasteiger partial charge is 0.230 e. The molecule has 0 N–H and O–H groups in total. The molecule has 3 saturated heterocycles. The standard InChI is InChI=1S/C13H20N2O3/c16-12-3-4-13(17)15(12)11-7-14(8-11)6-10-2-1-5-18-9-10/h10-11H,1-9H2. The second-order valence-corrected chi connectivity index (χ2v) is 5.61. The Balaban J connectivity index is 1.45. The lowest BCUT2D eigenvalue weighted by Gasteiger charge is -2.44. The van der Waals surface area contributed by atoms with Gasteiger partial charge in [-0.1, -0.05) is 0 Å². The molecule has 1 atom stereocenters. The van der Waals surface area contributed by atoms with Crippen LogP contribution in [0.5, 0.6) is 0 Å². The van der Waals surface area contributed by atoms with E-state index < -0.39 is 0 Å². The van der Waals surface area contributed by atoms with E-state index in [-0.39, 0.29) is 17.9 Å². The first-order valence-electron chi connectivity index (χ1n) is 6.89. The van der Waals surface area contributed by atoms with E-state index in [1.807, 2.05) is 0 Å². The van der Waals surface area contributed by atoms with Gasteiger partial charge in [0.05, 0.1) is 12.6 Å². The average Bonchev–Trinajstić information content (AvgIpc) is 2.65. The highest BCUT2D eigenvalue weighted by atomic mass is 16.5. The number of nitrogens with zero attached hydrogens (tertiary/aromatic N) is 2. The highest BCUT2D eigenvalue weighted by Crippen LogP contribution is 2.24. The Kier molecular flexibility index (Phi) is 3.35. The van der Waals surface area contributed by atoms with Crippen LogP contribution in [0.15, 0.2) is 0 Å². The minimum absolute atomic E-state index is 0.0191. The maximum Gasteiger partial charge on any atom is 0.230 e. The summed E-state index contributed by atoms with van der Waals surface area (Å²) in [4.78, 5) is 27.0. The molecule has 1 unspecified atom stereocenters. The van der Waals surface area contributed by atoms with Crippen LogP contribution in [0.4, 0.5) is 0 Å². The number of rotatable bonds is 3. The van der Waals surface area contributed by atoms with Crippen LogP contribution in [0, 0.1) is 5.92 Å². The van der Waals surface area contributed by atoms with Gasteiger partial charge in [0.25, 0.3) is 0 Å². The van der Waals surface area contributed by atoms with Gasteiger partial charge in [0, 0.05) is 39.1 Å². The number of carbonyl (C=O) groups excluding carboxylic acids is 2. The minimum atomic E-state index is 0.0191. The Bertz CT molecular complexity index is 330. The van der Waals surface area contributed by atoms with Crippen molar-refractivity contribution in [3.63, 3.8) is 0 Å². The molecule has 5 nitrogen and oxygen atoms in total. The van der Waals surface area contributed by atoms with Gasteiger partial charge in [-0.3, -0.25) is 19.4 Å². The number of hydrogen-bond donors (Lipinski definition) is 0. The van der Waals surface area contributed by atoms with Crippen molar-refractivity contribution in [3.05, 3.63) is 0 Å². The fraction of sp³-hybridized carbons (Fsp3) is 0.846. The SMILES string of the molecule is O=C1CCC(=O)N1C1CN(CC2CCCOC2)C1. The van der Waals surface area contributed by atoms with E-state index in [1.165, 1.54) is 11.3 Å². The van der Waals surface area contributed by atoms with Crippen LogP contribution < -0.4 is 0 Å². The highest BCUT2D eigenvalue weighted by Gasteiger charge is 2.41. The van der Waals surface area contributed by atoms with Crippen molar-refractivity contribution in [3.8, 4) is 0 Å². The second-order valence-electron chi connectivity index (χ2n) is 5.61. The van der Waals surface area contributed by atoms with Crippen LogP contribution in [0.1, 0.15) is 25.7 Å². The normalized spacial score (nSPS) is 30.9. The Hall–Kier alpha value is -0.940. The van der Waals surface area contributed by atoms with Crippen LogP contribution >= 0.6 is 0 Å². The van der Waals surface area contributed by atoms with Gasteiger partial charge in [-0.05, 0) is 18.8 Å². The van der Waals surface area contributed by atoms with Gasteiger partial charge in [-0.25, -0.2) is 0 Å². The average molecular weight is 252 g/mol. The zero-order valence-corrected chi connectivity index (χ0v) is 10.6. The molecule has 0 bridgehead atoms. The van der Waals surface area contributed by atoms with Crippen LogP contribution in [-0.2, 0) is 14.3 Å². The molecule has 18 heavy (non-hydrogen) atoms. The van der Waals surface area contributed by atoms with E-state index in [4.69, 9.17) is 4.74 Å². The number of hydrogen-bond acceptors (Lipinski definition) is 4. The predicted molar refractivity (Wildman–Crippen MR) is 64.9 cm³/mol. The van der Waals surface area contributed by atoms with Crippen molar-refractivity contribution >= 4 is 11.8 Å². The quantitative estimate of drug-likeness (QED) is 0.675. The molecular weight excluding hydrogens is 232 g/mol. The third-order valence-electron chi connectivity index (χ3n) is 4.16. The summed E-state index contributed by atoms with van der Waals surface area (Å²) in [5, 5.41) is 0. The van der Waals surface area contributed by atoms with Gasteiger partial charge in [0.15, 0.2) is 0 Å². The van der Waals surface area contributed by atoms with Gasteiger partial charge in [0.1, 0.15) is 0 Å². The Morgan fingerprint density at radius 3 is 2.50 bits per heavy atom.